The van der Waals surface area contributed by atoms with Gasteiger partial charge < -0.3 is 15.4 Å². The highest BCUT2D eigenvalue weighted by molar-refractivity contribution is 6.32. The van der Waals surface area contributed by atoms with Crippen molar-refractivity contribution in [3.8, 4) is 5.75 Å². The van der Waals surface area contributed by atoms with E-state index in [-0.39, 0.29) is 0 Å². The Morgan fingerprint density at radius 2 is 1.85 bits per heavy atom. The molecule has 0 fully saturated rings. The number of aromatic nitrogens is 2. The summed E-state index contributed by atoms with van der Waals surface area (Å²) in [5.74, 6) is 1.94. The van der Waals surface area contributed by atoms with E-state index in [9.17, 15) is 0 Å². The molecular formula is C20H21ClN4O. The van der Waals surface area contributed by atoms with Crippen LogP contribution in [0.3, 0.4) is 0 Å². The van der Waals surface area contributed by atoms with Gasteiger partial charge in [0.05, 0.1) is 12.1 Å². The lowest BCUT2D eigenvalue weighted by Gasteiger charge is -2.11. The molecule has 0 saturated heterocycles. The topological polar surface area (TPSA) is 59.1 Å². The first-order valence-electron chi connectivity index (χ1n) is 8.38. The van der Waals surface area contributed by atoms with Gasteiger partial charge in [-0.15, -0.1) is 0 Å². The standard InChI is InChI=1S/C20H21ClN4O/c1-14-12-19(22-11-10-15-6-4-3-5-7-15)25-20(23-14)24-16-8-9-18(26-2)17(21)13-16/h3-9,12-13H,10-11H2,1-2H3,(H2,22,23,24,25). The molecule has 3 rings (SSSR count). The summed E-state index contributed by atoms with van der Waals surface area (Å²) in [5, 5.41) is 7.07. The van der Waals surface area contributed by atoms with Gasteiger partial charge in [-0.05, 0) is 37.1 Å². The second kappa shape index (κ2) is 8.54. The van der Waals surface area contributed by atoms with Gasteiger partial charge in [0.2, 0.25) is 5.95 Å². The van der Waals surface area contributed by atoms with Gasteiger partial charge >= 0.3 is 0 Å². The zero-order valence-corrected chi connectivity index (χ0v) is 15.5. The first kappa shape index (κ1) is 18.0. The van der Waals surface area contributed by atoms with Crippen molar-refractivity contribution >= 4 is 29.1 Å². The van der Waals surface area contributed by atoms with Gasteiger partial charge in [0.15, 0.2) is 0 Å². The highest BCUT2D eigenvalue weighted by atomic mass is 35.5. The van der Waals surface area contributed by atoms with Crippen LogP contribution >= 0.6 is 11.6 Å². The molecule has 26 heavy (non-hydrogen) atoms. The van der Waals surface area contributed by atoms with Crippen LogP contribution in [0.2, 0.25) is 5.02 Å². The molecule has 3 aromatic rings. The lowest BCUT2D eigenvalue weighted by atomic mass is 10.1. The summed E-state index contributed by atoms with van der Waals surface area (Å²) in [5.41, 5.74) is 2.97. The van der Waals surface area contributed by atoms with Gasteiger partial charge in [0.1, 0.15) is 11.6 Å². The number of halogens is 1. The number of nitrogens with one attached hydrogen (secondary N) is 2. The average molecular weight is 369 g/mol. The maximum atomic E-state index is 6.17. The molecule has 2 aromatic carbocycles. The fourth-order valence-electron chi connectivity index (χ4n) is 2.57. The Morgan fingerprint density at radius 3 is 2.58 bits per heavy atom. The normalized spacial score (nSPS) is 10.4. The Bertz CT molecular complexity index is 871. The predicted octanol–water partition coefficient (Wildman–Crippen LogP) is 4.85. The maximum Gasteiger partial charge on any atom is 0.229 e. The molecule has 0 aliphatic carbocycles. The quantitative estimate of drug-likeness (QED) is 0.624. The Balaban J connectivity index is 1.66. The van der Waals surface area contributed by atoms with Crippen molar-refractivity contribution in [2.45, 2.75) is 13.3 Å². The van der Waals surface area contributed by atoms with Gasteiger partial charge in [-0.2, -0.15) is 4.98 Å². The van der Waals surface area contributed by atoms with E-state index < -0.39 is 0 Å². The number of rotatable bonds is 7. The Morgan fingerprint density at radius 1 is 1.04 bits per heavy atom. The Hall–Kier alpha value is -2.79. The number of aryl methyl sites for hydroxylation is 1. The monoisotopic (exact) mass is 368 g/mol. The summed E-state index contributed by atoms with van der Waals surface area (Å²) in [6.45, 7) is 2.74. The Labute approximate surface area is 158 Å². The lowest BCUT2D eigenvalue weighted by Crippen LogP contribution is -2.08. The smallest absolute Gasteiger partial charge is 0.229 e. The first-order chi connectivity index (χ1) is 12.6. The molecular weight excluding hydrogens is 348 g/mol. The van der Waals surface area contributed by atoms with Crippen molar-refractivity contribution in [3.05, 3.63) is 70.9 Å². The number of nitrogens with zero attached hydrogens (tertiary/aromatic N) is 2. The van der Waals surface area contributed by atoms with E-state index in [1.807, 2.05) is 37.3 Å². The minimum atomic E-state index is 0.522. The van der Waals surface area contributed by atoms with Crippen LogP contribution in [-0.4, -0.2) is 23.6 Å². The summed E-state index contributed by atoms with van der Waals surface area (Å²) in [6, 6.07) is 17.7. The van der Waals surface area contributed by atoms with E-state index in [0.717, 1.165) is 30.2 Å². The first-order valence-corrected chi connectivity index (χ1v) is 8.76. The van der Waals surface area contributed by atoms with Crippen molar-refractivity contribution < 1.29 is 4.74 Å². The fraction of sp³-hybridized carbons (Fsp3) is 0.200. The van der Waals surface area contributed by atoms with Crippen LogP contribution in [0.15, 0.2) is 54.6 Å². The second-order valence-electron chi connectivity index (χ2n) is 5.85. The number of methoxy groups -OCH3 is 1. The highest BCUT2D eigenvalue weighted by Crippen LogP contribution is 2.28. The molecule has 1 aromatic heterocycles. The molecule has 1 heterocycles. The highest BCUT2D eigenvalue weighted by Gasteiger charge is 2.06. The molecule has 0 saturated carbocycles. The largest absolute Gasteiger partial charge is 0.495 e. The molecule has 2 N–H and O–H groups in total. The zero-order valence-electron chi connectivity index (χ0n) is 14.8. The molecule has 0 spiro atoms. The van der Waals surface area contributed by atoms with Gasteiger partial charge in [-0.3, -0.25) is 0 Å². The molecule has 0 aliphatic rings. The van der Waals surface area contributed by atoms with Crippen molar-refractivity contribution in [1.82, 2.24) is 9.97 Å². The van der Waals surface area contributed by atoms with Crippen molar-refractivity contribution in [3.63, 3.8) is 0 Å². The summed E-state index contributed by atoms with van der Waals surface area (Å²) >= 11 is 6.17. The van der Waals surface area contributed by atoms with E-state index >= 15 is 0 Å². The van der Waals surface area contributed by atoms with Crippen LogP contribution in [0.25, 0.3) is 0 Å². The Kier molecular flexibility index (Phi) is 5.92. The van der Waals surface area contributed by atoms with Crippen LogP contribution < -0.4 is 15.4 Å². The van der Waals surface area contributed by atoms with E-state index in [1.54, 1.807) is 19.2 Å². The van der Waals surface area contributed by atoms with Crippen molar-refractivity contribution in [2.24, 2.45) is 0 Å². The van der Waals surface area contributed by atoms with E-state index in [2.05, 4.69) is 32.7 Å². The number of anilines is 3. The SMILES string of the molecule is COc1ccc(Nc2nc(C)cc(NCCc3ccccc3)n2)cc1Cl. The van der Waals surface area contributed by atoms with Gasteiger partial charge in [0, 0.05) is 24.0 Å². The van der Waals surface area contributed by atoms with Crippen LogP contribution in [-0.2, 0) is 6.42 Å². The maximum absolute atomic E-state index is 6.17. The van der Waals surface area contributed by atoms with Crippen molar-refractivity contribution in [2.75, 3.05) is 24.3 Å². The minimum absolute atomic E-state index is 0.522. The average Bonchev–Trinajstić information content (AvgIpc) is 2.62. The number of benzene rings is 2. The van der Waals surface area contributed by atoms with Crippen molar-refractivity contribution in [1.29, 1.82) is 0 Å². The fourth-order valence-corrected chi connectivity index (χ4v) is 2.83. The molecule has 0 bridgehead atoms. The van der Waals surface area contributed by atoms with E-state index in [1.165, 1.54) is 5.56 Å². The van der Waals surface area contributed by atoms with Gasteiger partial charge in [-0.25, -0.2) is 4.98 Å². The second-order valence-corrected chi connectivity index (χ2v) is 6.26. The molecule has 5 nitrogen and oxygen atoms in total. The zero-order chi connectivity index (χ0) is 18.4. The number of ether oxygens (including phenoxy) is 1. The summed E-state index contributed by atoms with van der Waals surface area (Å²) in [6.07, 6.45) is 0.931. The van der Waals surface area contributed by atoms with E-state index in [4.69, 9.17) is 16.3 Å². The van der Waals surface area contributed by atoms with Crippen LogP contribution in [0.1, 0.15) is 11.3 Å². The predicted molar refractivity (Wildman–Crippen MR) is 107 cm³/mol. The number of hydrogen-bond acceptors (Lipinski definition) is 5. The molecule has 0 amide bonds. The van der Waals surface area contributed by atoms with Gasteiger partial charge in [0.25, 0.3) is 0 Å². The third-order valence-electron chi connectivity index (χ3n) is 3.82. The van der Waals surface area contributed by atoms with Gasteiger partial charge in [-0.1, -0.05) is 41.9 Å². The van der Waals surface area contributed by atoms with Crippen LogP contribution in [0.4, 0.5) is 17.5 Å². The lowest BCUT2D eigenvalue weighted by molar-refractivity contribution is 0.415. The van der Waals surface area contributed by atoms with Crippen LogP contribution in [0.5, 0.6) is 5.75 Å². The molecule has 0 atom stereocenters. The number of hydrogen-bond donors (Lipinski definition) is 2. The molecule has 0 aliphatic heterocycles. The molecule has 0 unspecified atom stereocenters. The van der Waals surface area contributed by atoms with E-state index in [0.29, 0.717) is 16.7 Å². The third kappa shape index (κ3) is 4.86. The molecule has 0 radical (unpaired) electrons. The molecule has 6 heteroatoms. The molecule has 134 valence electrons. The summed E-state index contributed by atoms with van der Waals surface area (Å²) in [4.78, 5) is 8.96. The third-order valence-corrected chi connectivity index (χ3v) is 4.12. The summed E-state index contributed by atoms with van der Waals surface area (Å²) < 4.78 is 5.17. The van der Waals surface area contributed by atoms with Crippen LogP contribution in [0, 0.1) is 6.92 Å². The summed E-state index contributed by atoms with van der Waals surface area (Å²) in [7, 11) is 1.59. The minimum Gasteiger partial charge on any atom is -0.495 e.